The van der Waals surface area contributed by atoms with Gasteiger partial charge in [-0.15, -0.1) is 0 Å². The van der Waals surface area contributed by atoms with Crippen molar-refractivity contribution in [1.82, 2.24) is 19.0 Å². The first-order valence-corrected chi connectivity index (χ1v) is 11.7. The van der Waals surface area contributed by atoms with Gasteiger partial charge in [-0.2, -0.15) is 0 Å². The summed E-state index contributed by atoms with van der Waals surface area (Å²) >= 11 is -1.32. The summed E-state index contributed by atoms with van der Waals surface area (Å²) in [4.78, 5) is 0. The SMILES string of the molecule is CCCC1NC2=C(N1[O-])N(CCCCCCOc1ccc(OC)cc1)S(=O)N(C)C2. The van der Waals surface area contributed by atoms with Crippen LogP contribution in [-0.4, -0.2) is 57.9 Å². The Morgan fingerprint density at radius 1 is 1.17 bits per heavy atom. The van der Waals surface area contributed by atoms with E-state index in [-0.39, 0.29) is 6.17 Å². The van der Waals surface area contributed by atoms with Crippen LogP contribution < -0.4 is 14.8 Å². The van der Waals surface area contributed by atoms with Gasteiger partial charge in [0, 0.05) is 13.6 Å². The molecule has 0 fully saturated rings. The molecule has 3 rings (SSSR count). The van der Waals surface area contributed by atoms with E-state index in [1.807, 2.05) is 31.3 Å². The van der Waals surface area contributed by atoms with Gasteiger partial charge in [-0.3, -0.25) is 4.31 Å². The number of hydrogen-bond donors (Lipinski definition) is 1. The summed E-state index contributed by atoms with van der Waals surface area (Å²) in [6.45, 7) is 3.85. The van der Waals surface area contributed by atoms with Crippen LogP contribution in [0.3, 0.4) is 0 Å². The average molecular weight is 438 g/mol. The maximum atomic E-state index is 12.8. The molecule has 0 amide bonds. The fourth-order valence-electron chi connectivity index (χ4n) is 3.72. The minimum atomic E-state index is -1.32. The van der Waals surface area contributed by atoms with Crippen LogP contribution in [0, 0.1) is 5.21 Å². The van der Waals surface area contributed by atoms with Crippen LogP contribution in [0.2, 0.25) is 0 Å². The molecule has 1 aromatic rings. The zero-order valence-electron chi connectivity index (χ0n) is 18.1. The van der Waals surface area contributed by atoms with Crippen LogP contribution in [0.15, 0.2) is 35.8 Å². The van der Waals surface area contributed by atoms with E-state index in [1.165, 1.54) is 0 Å². The molecule has 0 aliphatic carbocycles. The monoisotopic (exact) mass is 437 g/mol. The lowest BCUT2D eigenvalue weighted by molar-refractivity contribution is 0.271. The molecule has 168 valence electrons. The van der Waals surface area contributed by atoms with Crippen LogP contribution >= 0.6 is 0 Å². The van der Waals surface area contributed by atoms with Crippen molar-refractivity contribution in [3.8, 4) is 11.5 Å². The Morgan fingerprint density at radius 3 is 2.57 bits per heavy atom. The number of benzene rings is 1. The van der Waals surface area contributed by atoms with Gasteiger partial charge in [0.05, 0.1) is 32.1 Å². The van der Waals surface area contributed by atoms with Gasteiger partial charge in [0.1, 0.15) is 17.3 Å². The van der Waals surface area contributed by atoms with Crippen molar-refractivity contribution in [1.29, 1.82) is 0 Å². The summed E-state index contributed by atoms with van der Waals surface area (Å²) in [5.74, 6) is 2.22. The molecule has 9 heteroatoms. The number of methoxy groups -OCH3 is 1. The summed E-state index contributed by atoms with van der Waals surface area (Å²) in [5.41, 5.74) is 0.887. The molecular formula is C21H33N4O4S-. The molecule has 0 bridgehead atoms. The highest BCUT2D eigenvalue weighted by Gasteiger charge is 2.36. The fourth-order valence-corrected chi connectivity index (χ4v) is 4.92. The molecule has 2 atom stereocenters. The third-order valence-corrected chi connectivity index (χ3v) is 6.72. The van der Waals surface area contributed by atoms with E-state index in [2.05, 4.69) is 12.2 Å². The van der Waals surface area contributed by atoms with Crippen molar-refractivity contribution >= 4 is 11.2 Å². The van der Waals surface area contributed by atoms with Crippen molar-refractivity contribution < 1.29 is 13.7 Å². The van der Waals surface area contributed by atoms with Crippen molar-refractivity contribution in [2.75, 3.05) is 33.9 Å². The Bertz CT molecular complexity index is 743. The van der Waals surface area contributed by atoms with Gasteiger partial charge in [-0.05, 0) is 43.5 Å². The molecule has 0 aromatic heterocycles. The van der Waals surface area contributed by atoms with Gasteiger partial charge in [-0.25, -0.2) is 8.51 Å². The third-order valence-electron chi connectivity index (χ3n) is 5.32. The maximum Gasteiger partial charge on any atom is 0.200 e. The number of hydroxylamine groups is 2. The van der Waals surface area contributed by atoms with Gasteiger partial charge in [0.2, 0.25) is 0 Å². The second kappa shape index (κ2) is 10.9. The standard InChI is InChI=1S/C21H33N4O4S/c1-4-9-20-22-19-16-23(2)30(27)24(21(19)25(20)26)14-7-5-6-8-15-29-18-12-10-17(28-3)11-13-18/h10-13,20,22H,4-9,14-16H2,1-3H3/q-1. The van der Waals surface area contributed by atoms with E-state index in [1.54, 1.807) is 15.7 Å². The molecule has 2 aliphatic heterocycles. The Morgan fingerprint density at radius 2 is 1.87 bits per heavy atom. The minimum Gasteiger partial charge on any atom is -0.756 e. The Hall–Kier alpha value is -1.97. The summed E-state index contributed by atoms with van der Waals surface area (Å²) < 4.78 is 27.2. The number of unbranched alkanes of at least 4 members (excludes halogenated alkanes) is 3. The Kier molecular flexibility index (Phi) is 8.24. The van der Waals surface area contributed by atoms with E-state index < -0.39 is 11.2 Å². The maximum absolute atomic E-state index is 12.8. The zero-order chi connectivity index (χ0) is 21.5. The van der Waals surface area contributed by atoms with Crippen LogP contribution in [0.5, 0.6) is 11.5 Å². The normalized spacial score (nSPS) is 21.6. The van der Waals surface area contributed by atoms with E-state index in [9.17, 15) is 9.42 Å². The molecule has 8 nitrogen and oxygen atoms in total. The number of nitrogens with one attached hydrogen (secondary N) is 1. The lowest BCUT2D eigenvalue weighted by Gasteiger charge is -2.41. The fraction of sp³-hybridized carbons (Fsp3) is 0.619. The van der Waals surface area contributed by atoms with Crippen LogP contribution in [0.4, 0.5) is 0 Å². The van der Waals surface area contributed by atoms with Crippen LogP contribution in [-0.2, 0) is 11.2 Å². The quantitative estimate of drug-likeness (QED) is 0.536. The summed E-state index contributed by atoms with van der Waals surface area (Å²) in [6.07, 6.45) is 5.30. The van der Waals surface area contributed by atoms with E-state index in [0.29, 0.717) is 25.5 Å². The lowest BCUT2D eigenvalue weighted by atomic mass is 10.2. The Balaban J connectivity index is 1.41. The molecule has 0 saturated carbocycles. The number of hydrogen-bond acceptors (Lipinski definition) is 6. The number of nitrogens with zero attached hydrogens (tertiary/aromatic N) is 3. The highest BCUT2D eigenvalue weighted by atomic mass is 32.2. The number of rotatable bonds is 11. The van der Waals surface area contributed by atoms with Crippen molar-refractivity contribution in [3.63, 3.8) is 0 Å². The highest BCUT2D eigenvalue weighted by molar-refractivity contribution is 7.80. The highest BCUT2D eigenvalue weighted by Crippen LogP contribution is 2.31. The molecule has 2 heterocycles. The molecule has 2 unspecified atom stereocenters. The lowest BCUT2D eigenvalue weighted by Crippen LogP contribution is -2.45. The predicted octanol–water partition coefficient (Wildman–Crippen LogP) is 3.16. The van der Waals surface area contributed by atoms with Gasteiger partial charge < -0.3 is 25.1 Å². The first kappa shape index (κ1) is 22.7. The zero-order valence-corrected chi connectivity index (χ0v) is 19.0. The molecule has 0 saturated heterocycles. The van der Waals surface area contributed by atoms with Crippen molar-refractivity contribution in [3.05, 3.63) is 41.0 Å². The van der Waals surface area contributed by atoms with E-state index >= 15 is 0 Å². The first-order chi connectivity index (χ1) is 14.5. The van der Waals surface area contributed by atoms with Gasteiger partial charge in [-0.1, -0.05) is 26.2 Å². The topological polar surface area (TPSA) is 80.3 Å². The smallest absolute Gasteiger partial charge is 0.200 e. The molecule has 1 N–H and O–H groups in total. The average Bonchev–Trinajstić information content (AvgIpc) is 3.05. The summed E-state index contributed by atoms with van der Waals surface area (Å²) in [6, 6.07) is 7.58. The van der Waals surface area contributed by atoms with Crippen molar-refractivity contribution in [2.24, 2.45) is 0 Å². The van der Waals surface area contributed by atoms with Crippen LogP contribution in [0.25, 0.3) is 0 Å². The minimum absolute atomic E-state index is 0.249. The van der Waals surface area contributed by atoms with E-state index in [4.69, 9.17) is 9.47 Å². The summed E-state index contributed by atoms with van der Waals surface area (Å²) in [5, 5.41) is 17.1. The predicted molar refractivity (Wildman–Crippen MR) is 118 cm³/mol. The van der Waals surface area contributed by atoms with Gasteiger partial charge in [0.15, 0.2) is 11.2 Å². The molecule has 30 heavy (non-hydrogen) atoms. The molecule has 0 spiro atoms. The second-order valence-electron chi connectivity index (χ2n) is 7.63. The largest absolute Gasteiger partial charge is 0.756 e. The summed E-state index contributed by atoms with van der Waals surface area (Å²) in [7, 11) is 3.47. The molecular weight excluding hydrogens is 404 g/mol. The second-order valence-corrected chi connectivity index (χ2v) is 9.16. The molecule has 0 radical (unpaired) electrons. The number of likely N-dealkylation sites (N-methyl/N-ethyl adjacent to an activating group) is 1. The van der Waals surface area contributed by atoms with E-state index in [0.717, 1.165) is 60.8 Å². The first-order valence-electron chi connectivity index (χ1n) is 10.7. The van der Waals surface area contributed by atoms with Gasteiger partial charge >= 0.3 is 0 Å². The molecule has 2 aliphatic rings. The molecule has 1 aromatic carbocycles. The number of ether oxygens (including phenoxy) is 2. The van der Waals surface area contributed by atoms with Crippen LogP contribution in [0.1, 0.15) is 45.4 Å². The van der Waals surface area contributed by atoms with Crippen molar-refractivity contribution in [2.45, 2.75) is 51.6 Å². The third kappa shape index (κ3) is 5.39. The Labute approximate surface area is 182 Å². The van der Waals surface area contributed by atoms with Gasteiger partial charge in [0.25, 0.3) is 0 Å².